The lowest BCUT2D eigenvalue weighted by atomic mass is 10.1. The predicted octanol–water partition coefficient (Wildman–Crippen LogP) is 5.92. The summed E-state index contributed by atoms with van der Waals surface area (Å²) in [6.07, 6.45) is 0.673. The molecule has 39 heavy (non-hydrogen) atoms. The highest BCUT2D eigenvalue weighted by Crippen LogP contribution is 2.24. The quantitative estimate of drug-likeness (QED) is 0.265. The van der Waals surface area contributed by atoms with Crippen LogP contribution in [0.5, 0.6) is 5.75 Å². The summed E-state index contributed by atoms with van der Waals surface area (Å²) in [5.74, 6) is 0.677. The van der Waals surface area contributed by atoms with Crippen molar-refractivity contribution in [3.8, 4) is 11.4 Å². The maximum absolute atomic E-state index is 13.5. The van der Waals surface area contributed by atoms with E-state index in [1.165, 1.54) is 12.1 Å². The van der Waals surface area contributed by atoms with Crippen molar-refractivity contribution in [3.63, 3.8) is 0 Å². The van der Waals surface area contributed by atoms with Gasteiger partial charge in [-0.1, -0.05) is 25.1 Å². The zero-order chi connectivity index (χ0) is 27.4. The first-order chi connectivity index (χ1) is 19.0. The van der Waals surface area contributed by atoms with E-state index in [1.54, 1.807) is 61.7 Å². The first-order valence-corrected chi connectivity index (χ1v) is 12.6. The van der Waals surface area contributed by atoms with E-state index in [-0.39, 0.29) is 17.6 Å². The molecule has 0 spiro atoms. The molecule has 196 valence electrons. The minimum Gasteiger partial charge on any atom is -0.496 e. The second-order valence-electron chi connectivity index (χ2n) is 8.92. The Kier molecular flexibility index (Phi) is 7.36. The second kappa shape index (κ2) is 11.2. The van der Waals surface area contributed by atoms with Crippen molar-refractivity contribution in [2.24, 2.45) is 0 Å². The van der Waals surface area contributed by atoms with E-state index in [0.29, 0.717) is 35.5 Å². The van der Waals surface area contributed by atoms with Crippen LogP contribution in [-0.4, -0.2) is 28.5 Å². The lowest BCUT2D eigenvalue weighted by molar-refractivity contribution is 0.0950. The molecule has 0 atom stereocenters. The van der Waals surface area contributed by atoms with Gasteiger partial charge in [-0.05, 0) is 72.8 Å². The molecule has 0 unspecified atom stereocenters. The van der Waals surface area contributed by atoms with Crippen LogP contribution in [0, 0.1) is 5.82 Å². The van der Waals surface area contributed by atoms with E-state index in [1.807, 2.05) is 35.8 Å². The molecule has 0 saturated heterocycles. The number of hydrogen-bond acceptors (Lipinski definition) is 4. The van der Waals surface area contributed by atoms with Gasteiger partial charge in [-0.3, -0.25) is 14.2 Å². The van der Waals surface area contributed by atoms with E-state index < -0.39 is 0 Å². The highest BCUT2D eigenvalue weighted by atomic mass is 19.1. The Balaban J connectivity index is 1.30. The maximum Gasteiger partial charge on any atom is 0.255 e. The van der Waals surface area contributed by atoms with Gasteiger partial charge in [0.2, 0.25) is 0 Å². The first-order valence-electron chi connectivity index (χ1n) is 12.6. The molecule has 0 aliphatic heterocycles. The Hall–Kier alpha value is -4.98. The molecule has 5 rings (SSSR count). The Labute approximate surface area is 225 Å². The lowest BCUT2D eigenvalue weighted by Crippen LogP contribution is -2.23. The number of methoxy groups -OCH3 is 1. The number of nitrogens with zero attached hydrogens (tertiary/aromatic N) is 2. The van der Waals surface area contributed by atoms with Gasteiger partial charge in [0.25, 0.3) is 11.8 Å². The minimum atomic E-state index is -0.318. The molecule has 2 amide bonds. The number of carbonyl (C=O) groups excluding carboxylic acids is 2. The predicted molar refractivity (Wildman–Crippen MR) is 149 cm³/mol. The zero-order valence-corrected chi connectivity index (χ0v) is 21.6. The topological polar surface area (TPSA) is 85.2 Å². The second-order valence-corrected chi connectivity index (χ2v) is 8.92. The largest absolute Gasteiger partial charge is 0.496 e. The van der Waals surface area contributed by atoms with Gasteiger partial charge in [0.05, 0.1) is 18.1 Å². The lowest BCUT2D eigenvalue weighted by Gasteiger charge is -2.11. The monoisotopic (exact) mass is 522 g/mol. The van der Waals surface area contributed by atoms with Crippen molar-refractivity contribution in [2.75, 3.05) is 12.4 Å². The van der Waals surface area contributed by atoms with Gasteiger partial charge in [-0.15, -0.1) is 0 Å². The van der Waals surface area contributed by atoms with Crippen LogP contribution < -0.4 is 15.4 Å². The van der Waals surface area contributed by atoms with Crippen LogP contribution in [-0.2, 0) is 13.0 Å². The fraction of sp³-hybridized carbons (Fsp3) is 0.129. The van der Waals surface area contributed by atoms with Gasteiger partial charge in [-0.25, -0.2) is 9.37 Å². The number of hydrogen-bond donors (Lipinski definition) is 2. The summed E-state index contributed by atoms with van der Waals surface area (Å²) >= 11 is 0. The number of benzene rings is 4. The molecule has 0 aliphatic carbocycles. The first kappa shape index (κ1) is 25.7. The van der Waals surface area contributed by atoms with Crippen LogP contribution in [0.25, 0.3) is 16.7 Å². The van der Waals surface area contributed by atoms with Crippen molar-refractivity contribution in [1.29, 1.82) is 0 Å². The highest BCUT2D eigenvalue weighted by Gasteiger charge is 2.15. The molecule has 7 nitrogen and oxygen atoms in total. The number of halogens is 1. The normalized spacial score (nSPS) is 10.8. The van der Waals surface area contributed by atoms with Crippen LogP contribution in [0.1, 0.15) is 39.0 Å². The number of rotatable bonds is 8. The number of nitrogens with one attached hydrogen (secondary N) is 2. The van der Waals surface area contributed by atoms with Crippen molar-refractivity contribution in [1.82, 2.24) is 14.9 Å². The molecule has 8 heteroatoms. The minimum absolute atomic E-state index is 0.231. The average Bonchev–Trinajstić information content (AvgIpc) is 3.34. The Morgan fingerprint density at radius 2 is 1.62 bits per heavy atom. The SMILES string of the molecule is CCc1nc2ccc(C(=O)Nc3ccc(C(=O)NCc4ccccc4OC)cc3)cc2n1-c1ccc(F)cc1. The van der Waals surface area contributed by atoms with Crippen molar-refractivity contribution >= 4 is 28.5 Å². The summed E-state index contributed by atoms with van der Waals surface area (Å²) in [5.41, 5.74) is 4.63. The van der Waals surface area contributed by atoms with Gasteiger partial charge in [0, 0.05) is 41.0 Å². The van der Waals surface area contributed by atoms with Crippen LogP contribution in [0.3, 0.4) is 0 Å². The average molecular weight is 523 g/mol. The molecular weight excluding hydrogens is 495 g/mol. The molecule has 0 fully saturated rings. The maximum atomic E-state index is 13.5. The van der Waals surface area contributed by atoms with E-state index in [0.717, 1.165) is 28.1 Å². The highest BCUT2D eigenvalue weighted by molar-refractivity contribution is 6.06. The Morgan fingerprint density at radius 3 is 2.33 bits per heavy atom. The summed E-state index contributed by atoms with van der Waals surface area (Å²) in [7, 11) is 1.59. The van der Waals surface area contributed by atoms with E-state index in [9.17, 15) is 14.0 Å². The fourth-order valence-corrected chi connectivity index (χ4v) is 4.42. The summed E-state index contributed by atoms with van der Waals surface area (Å²) in [6.45, 7) is 2.33. The number of imidazole rings is 1. The smallest absolute Gasteiger partial charge is 0.255 e. The van der Waals surface area contributed by atoms with Crippen molar-refractivity contribution in [3.05, 3.63) is 119 Å². The Morgan fingerprint density at radius 1 is 0.897 bits per heavy atom. The van der Waals surface area contributed by atoms with Gasteiger partial charge in [0.15, 0.2) is 0 Å². The third-order valence-electron chi connectivity index (χ3n) is 6.42. The van der Waals surface area contributed by atoms with E-state index >= 15 is 0 Å². The van der Waals surface area contributed by atoms with Gasteiger partial charge >= 0.3 is 0 Å². The number of carbonyl (C=O) groups is 2. The number of ether oxygens (including phenoxy) is 1. The number of fused-ring (bicyclic) bond motifs is 1. The summed E-state index contributed by atoms with van der Waals surface area (Å²) in [5, 5.41) is 5.77. The number of amides is 2. The summed E-state index contributed by atoms with van der Waals surface area (Å²) in [4.78, 5) is 30.4. The van der Waals surface area contributed by atoms with Crippen LogP contribution in [0.4, 0.5) is 10.1 Å². The molecule has 5 aromatic rings. The van der Waals surface area contributed by atoms with Gasteiger partial charge in [0.1, 0.15) is 17.4 Å². The molecule has 2 N–H and O–H groups in total. The third-order valence-corrected chi connectivity index (χ3v) is 6.42. The fourth-order valence-electron chi connectivity index (χ4n) is 4.42. The zero-order valence-electron chi connectivity index (χ0n) is 21.6. The third kappa shape index (κ3) is 5.50. The van der Waals surface area contributed by atoms with Crippen LogP contribution >= 0.6 is 0 Å². The van der Waals surface area contributed by atoms with Crippen molar-refractivity contribution < 1.29 is 18.7 Å². The molecule has 0 aliphatic rings. The van der Waals surface area contributed by atoms with Crippen LogP contribution in [0.2, 0.25) is 0 Å². The molecule has 0 saturated carbocycles. The van der Waals surface area contributed by atoms with Gasteiger partial charge in [-0.2, -0.15) is 0 Å². The van der Waals surface area contributed by atoms with Gasteiger partial charge < -0.3 is 15.4 Å². The van der Waals surface area contributed by atoms with E-state index in [4.69, 9.17) is 4.74 Å². The number of para-hydroxylation sites is 1. The Bertz CT molecular complexity index is 1640. The standard InChI is InChI=1S/C31H27FN4O3/c1-3-29-35-26-17-10-21(18-27(26)36(29)25-15-11-23(32)12-16-25)31(38)34-24-13-8-20(9-14-24)30(37)33-19-22-6-4-5-7-28(22)39-2/h4-18H,3,19H2,1-2H3,(H,33,37)(H,34,38). The molecule has 0 radical (unpaired) electrons. The van der Waals surface area contributed by atoms with Crippen LogP contribution in [0.15, 0.2) is 91.0 Å². The number of aryl methyl sites for hydroxylation is 1. The number of aromatic nitrogens is 2. The molecule has 1 heterocycles. The van der Waals surface area contributed by atoms with Crippen molar-refractivity contribution in [2.45, 2.75) is 19.9 Å². The summed E-state index contributed by atoms with van der Waals surface area (Å²) < 4.78 is 20.8. The molecular formula is C31H27FN4O3. The summed E-state index contributed by atoms with van der Waals surface area (Å²) in [6, 6.07) is 25.7. The molecule has 4 aromatic carbocycles. The molecule has 1 aromatic heterocycles. The molecule has 0 bridgehead atoms. The van der Waals surface area contributed by atoms with E-state index in [2.05, 4.69) is 15.6 Å². The number of anilines is 1.